The first kappa shape index (κ1) is 13.3. The quantitative estimate of drug-likeness (QED) is 0.660. The molecule has 2 aromatic carbocycles. The van der Waals surface area contributed by atoms with Gasteiger partial charge >= 0.3 is 0 Å². The minimum atomic E-state index is -0.324. The smallest absolute Gasteiger partial charge is 0.193 e. The highest BCUT2D eigenvalue weighted by Crippen LogP contribution is 2.22. The predicted octanol–water partition coefficient (Wildman–Crippen LogP) is 3.56. The van der Waals surface area contributed by atoms with Crippen molar-refractivity contribution in [2.24, 2.45) is 0 Å². The second-order valence-electron chi connectivity index (χ2n) is 4.82. The van der Waals surface area contributed by atoms with Crippen LogP contribution in [0, 0.1) is 26.6 Å². The Bertz CT molecular complexity index is 639. The first-order valence-electron chi connectivity index (χ1n) is 6.07. The van der Waals surface area contributed by atoms with E-state index in [0.717, 1.165) is 5.56 Å². The molecule has 2 aromatic rings. The van der Waals surface area contributed by atoms with Crippen LogP contribution in [0.4, 0.5) is 10.1 Å². The van der Waals surface area contributed by atoms with Crippen LogP contribution < -0.4 is 5.73 Å². The Kier molecular flexibility index (Phi) is 3.38. The molecule has 19 heavy (non-hydrogen) atoms. The molecule has 0 aliphatic rings. The number of ketones is 1. The minimum absolute atomic E-state index is 0.123. The van der Waals surface area contributed by atoms with Crippen LogP contribution in [0.3, 0.4) is 0 Å². The van der Waals surface area contributed by atoms with E-state index in [1.807, 2.05) is 13.0 Å². The lowest BCUT2D eigenvalue weighted by Crippen LogP contribution is -2.08. The zero-order chi connectivity index (χ0) is 14.2. The maximum atomic E-state index is 13.3. The number of carbonyl (C=O) groups excluding carboxylic acids is 1. The van der Waals surface area contributed by atoms with Gasteiger partial charge in [-0.1, -0.05) is 12.1 Å². The number of nitrogen functional groups attached to an aromatic ring is 1. The van der Waals surface area contributed by atoms with E-state index in [4.69, 9.17) is 5.73 Å². The number of halogens is 1. The van der Waals surface area contributed by atoms with Crippen molar-refractivity contribution in [2.75, 3.05) is 5.73 Å². The zero-order valence-corrected chi connectivity index (χ0v) is 11.3. The summed E-state index contributed by atoms with van der Waals surface area (Å²) in [5, 5.41) is 0. The summed E-state index contributed by atoms with van der Waals surface area (Å²) in [4.78, 5) is 12.5. The summed E-state index contributed by atoms with van der Waals surface area (Å²) in [7, 11) is 0. The summed E-state index contributed by atoms with van der Waals surface area (Å²) >= 11 is 0. The van der Waals surface area contributed by atoms with Crippen molar-refractivity contribution in [2.45, 2.75) is 20.8 Å². The average Bonchev–Trinajstić information content (AvgIpc) is 2.31. The number of aryl methyl sites for hydroxylation is 3. The molecular formula is C16H16FNO. The number of nitrogens with two attached hydrogens (primary N) is 1. The molecule has 0 unspecified atom stereocenters. The van der Waals surface area contributed by atoms with Gasteiger partial charge in [0.25, 0.3) is 0 Å². The third-order valence-corrected chi connectivity index (χ3v) is 3.27. The van der Waals surface area contributed by atoms with Crippen LogP contribution >= 0.6 is 0 Å². The normalized spacial score (nSPS) is 10.5. The highest BCUT2D eigenvalue weighted by molar-refractivity contribution is 6.11. The summed E-state index contributed by atoms with van der Waals surface area (Å²) < 4.78 is 13.3. The van der Waals surface area contributed by atoms with Crippen LogP contribution in [0.25, 0.3) is 0 Å². The van der Waals surface area contributed by atoms with E-state index in [0.29, 0.717) is 27.9 Å². The van der Waals surface area contributed by atoms with Crippen LogP contribution in [-0.2, 0) is 0 Å². The SMILES string of the molecule is Cc1ccc(C(=O)c2c(C)cc(F)cc2C)cc1N. The van der Waals surface area contributed by atoms with Gasteiger partial charge in [-0.25, -0.2) is 4.39 Å². The molecule has 0 saturated carbocycles. The van der Waals surface area contributed by atoms with E-state index in [-0.39, 0.29) is 11.6 Å². The Balaban J connectivity index is 2.53. The standard InChI is InChI=1S/C16H16FNO/c1-9-4-5-12(8-14(9)18)16(19)15-10(2)6-13(17)7-11(15)3/h4-8H,18H2,1-3H3. The van der Waals surface area contributed by atoms with Gasteiger partial charge in [0.05, 0.1) is 0 Å². The lowest BCUT2D eigenvalue weighted by molar-refractivity contribution is 0.103. The van der Waals surface area contributed by atoms with Gasteiger partial charge in [0.15, 0.2) is 5.78 Å². The van der Waals surface area contributed by atoms with E-state index in [1.54, 1.807) is 26.0 Å². The summed E-state index contributed by atoms with van der Waals surface area (Å²) in [6.45, 7) is 5.36. The Morgan fingerprint density at radius 2 is 1.58 bits per heavy atom. The summed E-state index contributed by atoms with van der Waals surface area (Å²) in [5.74, 6) is -0.448. The molecule has 0 aliphatic carbocycles. The lowest BCUT2D eigenvalue weighted by Gasteiger charge is -2.10. The van der Waals surface area contributed by atoms with Gasteiger partial charge in [0.1, 0.15) is 5.82 Å². The van der Waals surface area contributed by atoms with Crippen LogP contribution in [-0.4, -0.2) is 5.78 Å². The number of hydrogen-bond donors (Lipinski definition) is 1. The van der Waals surface area contributed by atoms with Gasteiger partial charge < -0.3 is 5.73 Å². The Hall–Kier alpha value is -2.16. The van der Waals surface area contributed by atoms with Crippen molar-refractivity contribution in [1.82, 2.24) is 0 Å². The van der Waals surface area contributed by atoms with E-state index in [1.165, 1.54) is 12.1 Å². The van der Waals surface area contributed by atoms with Crippen LogP contribution in [0.2, 0.25) is 0 Å². The fourth-order valence-corrected chi connectivity index (χ4v) is 2.19. The fraction of sp³-hybridized carbons (Fsp3) is 0.188. The number of rotatable bonds is 2. The zero-order valence-electron chi connectivity index (χ0n) is 11.3. The summed E-state index contributed by atoms with van der Waals surface area (Å²) in [5.41, 5.74) is 9.70. The first-order valence-corrected chi connectivity index (χ1v) is 6.07. The Morgan fingerprint density at radius 3 is 2.11 bits per heavy atom. The maximum absolute atomic E-state index is 13.3. The third kappa shape index (κ3) is 2.50. The maximum Gasteiger partial charge on any atom is 0.193 e. The van der Waals surface area contributed by atoms with E-state index < -0.39 is 0 Å². The molecule has 0 spiro atoms. The van der Waals surface area contributed by atoms with Gasteiger partial charge in [-0.3, -0.25) is 4.79 Å². The largest absolute Gasteiger partial charge is 0.398 e. The minimum Gasteiger partial charge on any atom is -0.398 e. The van der Waals surface area contributed by atoms with Crippen molar-refractivity contribution in [3.05, 3.63) is 64.0 Å². The van der Waals surface area contributed by atoms with Crippen molar-refractivity contribution in [1.29, 1.82) is 0 Å². The van der Waals surface area contributed by atoms with Crippen LogP contribution in [0.5, 0.6) is 0 Å². The number of hydrogen-bond acceptors (Lipinski definition) is 2. The van der Waals surface area contributed by atoms with Crippen molar-refractivity contribution < 1.29 is 9.18 Å². The second-order valence-corrected chi connectivity index (χ2v) is 4.82. The summed E-state index contributed by atoms with van der Waals surface area (Å²) in [6, 6.07) is 7.97. The lowest BCUT2D eigenvalue weighted by atomic mass is 9.94. The first-order chi connectivity index (χ1) is 8.90. The molecule has 0 fully saturated rings. The Morgan fingerprint density at radius 1 is 1.00 bits per heavy atom. The van der Waals surface area contributed by atoms with Crippen molar-refractivity contribution >= 4 is 11.5 Å². The molecule has 0 saturated heterocycles. The highest BCUT2D eigenvalue weighted by Gasteiger charge is 2.16. The molecular weight excluding hydrogens is 241 g/mol. The third-order valence-electron chi connectivity index (χ3n) is 3.27. The van der Waals surface area contributed by atoms with Crippen LogP contribution in [0.15, 0.2) is 30.3 Å². The molecule has 0 heterocycles. The topological polar surface area (TPSA) is 43.1 Å². The van der Waals surface area contributed by atoms with Crippen molar-refractivity contribution in [3.63, 3.8) is 0 Å². The fourth-order valence-electron chi connectivity index (χ4n) is 2.19. The molecule has 0 bridgehead atoms. The molecule has 3 heteroatoms. The number of anilines is 1. The molecule has 0 amide bonds. The second kappa shape index (κ2) is 4.84. The van der Waals surface area contributed by atoms with E-state index in [2.05, 4.69) is 0 Å². The molecule has 0 aromatic heterocycles. The van der Waals surface area contributed by atoms with E-state index in [9.17, 15) is 9.18 Å². The molecule has 0 aliphatic heterocycles. The van der Waals surface area contributed by atoms with E-state index >= 15 is 0 Å². The van der Waals surface area contributed by atoms with Gasteiger partial charge in [-0.2, -0.15) is 0 Å². The molecule has 2 nitrogen and oxygen atoms in total. The molecule has 98 valence electrons. The van der Waals surface area contributed by atoms with Crippen LogP contribution in [0.1, 0.15) is 32.6 Å². The average molecular weight is 257 g/mol. The molecule has 2 rings (SSSR count). The monoisotopic (exact) mass is 257 g/mol. The van der Waals surface area contributed by atoms with Gasteiger partial charge in [-0.05, 0) is 55.7 Å². The van der Waals surface area contributed by atoms with Gasteiger partial charge in [0, 0.05) is 16.8 Å². The number of carbonyl (C=O) groups is 1. The Labute approximate surface area is 112 Å². The van der Waals surface area contributed by atoms with Gasteiger partial charge in [-0.15, -0.1) is 0 Å². The highest BCUT2D eigenvalue weighted by atomic mass is 19.1. The van der Waals surface area contributed by atoms with Gasteiger partial charge in [0.2, 0.25) is 0 Å². The number of benzene rings is 2. The molecule has 2 N–H and O–H groups in total. The molecule has 0 atom stereocenters. The summed E-state index contributed by atoms with van der Waals surface area (Å²) in [6.07, 6.45) is 0. The molecule has 0 radical (unpaired) electrons. The van der Waals surface area contributed by atoms with Crippen molar-refractivity contribution in [3.8, 4) is 0 Å². The predicted molar refractivity (Wildman–Crippen MR) is 74.9 cm³/mol.